The van der Waals surface area contributed by atoms with Crippen LogP contribution in [0.25, 0.3) is 0 Å². The molecule has 12 nitrogen and oxygen atoms in total. The largest absolute Gasteiger partial charge is 0.450 e. The number of benzene rings is 3. The molecule has 0 aliphatic carbocycles. The molecule has 0 unspecified atom stereocenters. The van der Waals surface area contributed by atoms with Crippen molar-refractivity contribution in [2.45, 2.75) is 0 Å². The van der Waals surface area contributed by atoms with Crippen LogP contribution in [-0.2, 0) is 4.79 Å². The molecule has 35 heavy (non-hydrogen) atoms. The standard InChI is InChI=1S/C22H16FN5O7/c23-16-5-2-4-15(10-16)22(30)24-13-21(29)26-25-12-14-3-1-6-18(9-14)35-20-8-7-17(27(31)32)11-19(20)28(33)34/h1-12H,13H2,(H,24,30)(H,26,29). The van der Waals surface area contributed by atoms with E-state index in [4.69, 9.17) is 4.74 Å². The summed E-state index contributed by atoms with van der Waals surface area (Å²) in [5.74, 6) is -1.87. The van der Waals surface area contributed by atoms with Crippen LogP contribution in [0.15, 0.2) is 71.8 Å². The summed E-state index contributed by atoms with van der Waals surface area (Å²) in [6.45, 7) is -0.403. The molecule has 0 aliphatic rings. The van der Waals surface area contributed by atoms with Gasteiger partial charge in [-0.15, -0.1) is 0 Å². The number of amides is 2. The van der Waals surface area contributed by atoms with Gasteiger partial charge in [0.15, 0.2) is 0 Å². The van der Waals surface area contributed by atoms with Gasteiger partial charge in [0.1, 0.15) is 11.6 Å². The number of nitrogens with one attached hydrogen (secondary N) is 2. The fourth-order valence-electron chi connectivity index (χ4n) is 2.74. The Bertz CT molecular complexity index is 1330. The molecule has 0 fully saturated rings. The van der Waals surface area contributed by atoms with Crippen molar-refractivity contribution in [3.63, 3.8) is 0 Å². The Balaban J connectivity index is 1.59. The van der Waals surface area contributed by atoms with Crippen molar-refractivity contribution < 1.29 is 28.6 Å². The first kappa shape index (κ1) is 24.4. The summed E-state index contributed by atoms with van der Waals surface area (Å²) in [7, 11) is 0. The monoisotopic (exact) mass is 481 g/mol. The van der Waals surface area contributed by atoms with Crippen LogP contribution in [0.2, 0.25) is 0 Å². The van der Waals surface area contributed by atoms with Gasteiger partial charge in [0.2, 0.25) is 5.75 Å². The molecule has 3 aromatic carbocycles. The fourth-order valence-corrected chi connectivity index (χ4v) is 2.74. The number of rotatable bonds is 9. The maximum absolute atomic E-state index is 13.2. The first-order valence-corrected chi connectivity index (χ1v) is 9.79. The van der Waals surface area contributed by atoms with Gasteiger partial charge in [-0.05, 0) is 42.0 Å². The van der Waals surface area contributed by atoms with Crippen LogP contribution in [0.5, 0.6) is 11.5 Å². The van der Waals surface area contributed by atoms with Crippen LogP contribution in [-0.4, -0.2) is 34.4 Å². The normalized spacial score (nSPS) is 10.5. The lowest BCUT2D eigenvalue weighted by molar-refractivity contribution is -0.394. The van der Waals surface area contributed by atoms with E-state index in [-0.39, 0.29) is 17.1 Å². The van der Waals surface area contributed by atoms with Gasteiger partial charge in [0.25, 0.3) is 17.5 Å². The van der Waals surface area contributed by atoms with Crippen molar-refractivity contribution in [1.82, 2.24) is 10.7 Å². The zero-order valence-corrected chi connectivity index (χ0v) is 17.7. The number of nitrogens with zero attached hydrogens (tertiary/aromatic N) is 3. The SMILES string of the molecule is O=C(CNC(=O)c1cccc(F)c1)NN=Cc1cccc(Oc2ccc([N+](=O)[O-])cc2[N+](=O)[O-])c1. The zero-order chi connectivity index (χ0) is 25.4. The van der Waals surface area contributed by atoms with Gasteiger partial charge in [-0.2, -0.15) is 5.10 Å². The van der Waals surface area contributed by atoms with Crippen LogP contribution in [0.1, 0.15) is 15.9 Å². The van der Waals surface area contributed by atoms with E-state index in [1.165, 1.54) is 36.5 Å². The number of hydrogen-bond donors (Lipinski definition) is 2. The van der Waals surface area contributed by atoms with Crippen LogP contribution >= 0.6 is 0 Å². The summed E-state index contributed by atoms with van der Waals surface area (Å²) < 4.78 is 18.7. The summed E-state index contributed by atoms with van der Waals surface area (Å²) in [4.78, 5) is 44.3. The lowest BCUT2D eigenvalue weighted by Gasteiger charge is -2.07. The molecule has 178 valence electrons. The van der Waals surface area contributed by atoms with Gasteiger partial charge >= 0.3 is 5.69 Å². The van der Waals surface area contributed by atoms with Gasteiger partial charge in [-0.1, -0.05) is 18.2 Å². The van der Waals surface area contributed by atoms with Crippen LogP contribution in [0, 0.1) is 26.0 Å². The Morgan fingerprint density at radius 3 is 2.49 bits per heavy atom. The van der Waals surface area contributed by atoms with Gasteiger partial charge < -0.3 is 10.1 Å². The summed E-state index contributed by atoms with van der Waals surface area (Å²) in [5.41, 5.74) is 1.69. The summed E-state index contributed by atoms with van der Waals surface area (Å²) >= 11 is 0. The smallest absolute Gasteiger partial charge is 0.318 e. The molecule has 0 heterocycles. The Labute approximate surface area is 196 Å². The van der Waals surface area contributed by atoms with Crippen molar-refractivity contribution >= 4 is 29.4 Å². The summed E-state index contributed by atoms with van der Waals surface area (Å²) in [6, 6.07) is 14.1. The average molecular weight is 481 g/mol. The van der Waals surface area contributed by atoms with E-state index in [2.05, 4.69) is 15.8 Å². The summed E-state index contributed by atoms with van der Waals surface area (Å²) in [5, 5.41) is 28.2. The van der Waals surface area contributed by atoms with E-state index in [0.29, 0.717) is 5.56 Å². The molecule has 0 atom stereocenters. The van der Waals surface area contributed by atoms with Gasteiger partial charge in [-0.3, -0.25) is 29.8 Å². The number of hydrazone groups is 1. The number of nitro groups is 2. The van der Waals surface area contributed by atoms with Crippen molar-refractivity contribution in [3.05, 3.63) is 104 Å². The quantitative estimate of drug-likeness (QED) is 0.269. The third-order valence-electron chi connectivity index (χ3n) is 4.34. The summed E-state index contributed by atoms with van der Waals surface area (Å²) in [6.07, 6.45) is 1.27. The first-order valence-electron chi connectivity index (χ1n) is 9.79. The molecule has 0 spiro atoms. The predicted molar refractivity (Wildman–Crippen MR) is 121 cm³/mol. The second kappa shape index (κ2) is 11.1. The minimum atomic E-state index is -0.795. The number of carbonyl (C=O) groups is 2. The molecule has 2 amide bonds. The minimum Gasteiger partial charge on any atom is -0.450 e. The van der Waals surface area contributed by atoms with Crippen molar-refractivity contribution in [3.8, 4) is 11.5 Å². The van der Waals surface area contributed by atoms with E-state index in [9.17, 15) is 34.2 Å². The number of ether oxygens (including phenoxy) is 1. The van der Waals surface area contributed by atoms with E-state index >= 15 is 0 Å². The minimum absolute atomic E-state index is 0.0615. The Kier molecular flexibility index (Phi) is 7.74. The lowest BCUT2D eigenvalue weighted by Crippen LogP contribution is -2.34. The Morgan fingerprint density at radius 1 is 1.00 bits per heavy atom. The molecule has 0 saturated carbocycles. The van der Waals surface area contributed by atoms with Crippen molar-refractivity contribution in [2.24, 2.45) is 5.10 Å². The van der Waals surface area contributed by atoms with E-state index in [1.807, 2.05) is 0 Å². The van der Waals surface area contributed by atoms with Crippen LogP contribution in [0.4, 0.5) is 15.8 Å². The van der Waals surface area contributed by atoms with E-state index in [1.54, 1.807) is 12.1 Å². The number of nitro benzene ring substituents is 2. The highest BCUT2D eigenvalue weighted by Gasteiger charge is 2.21. The number of non-ortho nitro benzene ring substituents is 1. The van der Waals surface area contributed by atoms with Crippen molar-refractivity contribution in [2.75, 3.05) is 6.54 Å². The molecule has 0 saturated heterocycles. The highest BCUT2D eigenvalue weighted by molar-refractivity contribution is 5.96. The molecule has 0 aromatic heterocycles. The maximum Gasteiger partial charge on any atom is 0.318 e. The third kappa shape index (κ3) is 6.89. The van der Waals surface area contributed by atoms with Gasteiger partial charge in [-0.25, -0.2) is 9.82 Å². The maximum atomic E-state index is 13.2. The molecule has 0 bridgehead atoms. The van der Waals surface area contributed by atoms with Crippen LogP contribution in [0.3, 0.4) is 0 Å². The first-order chi connectivity index (χ1) is 16.7. The Hall–Kier alpha value is -5.20. The van der Waals surface area contributed by atoms with Gasteiger partial charge in [0, 0.05) is 11.6 Å². The molecular weight excluding hydrogens is 465 g/mol. The third-order valence-corrected chi connectivity index (χ3v) is 4.34. The second-order valence-electron chi connectivity index (χ2n) is 6.83. The topological polar surface area (TPSA) is 166 Å². The van der Waals surface area contributed by atoms with Gasteiger partial charge in [0.05, 0.1) is 28.7 Å². The molecular formula is C22H16FN5O7. The molecule has 3 aromatic rings. The van der Waals surface area contributed by atoms with Crippen LogP contribution < -0.4 is 15.5 Å². The second-order valence-corrected chi connectivity index (χ2v) is 6.83. The number of halogens is 1. The van der Waals surface area contributed by atoms with E-state index in [0.717, 1.165) is 24.3 Å². The van der Waals surface area contributed by atoms with E-state index < -0.39 is 45.4 Å². The predicted octanol–water partition coefficient (Wildman–Crippen LogP) is 3.31. The number of carbonyl (C=O) groups excluding carboxylic acids is 2. The number of hydrogen-bond acceptors (Lipinski definition) is 8. The highest BCUT2D eigenvalue weighted by atomic mass is 19.1. The lowest BCUT2D eigenvalue weighted by atomic mass is 10.2. The molecule has 3 rings (SSSR count). The molecule has 2 N–H and O–H groups in total. The molecule has 0 radical (unpaired) electrons. The molecule has 0 aliphatic heterocycles. The zero-order valence-electron chi connectivity index (χ0n) is 17.7. The Morgan fingerprint density at radius 2 is 1.77 bits per heavy atom. The fraction of sp³-hybridized carbons (Fsp3) is 0.0455. The van der Waals surface area contributed by atoms with Crippen molar-refractivity contribution in [1.29, 1.82) is 0 Å². The highest BCUT2D eigenvalue weighted by Crippen LogP contribution is 2.34. The molecule has 13 heteroatoms. The average Bonchev–Trinajstić information content (AvgIpc) is 2.82.